The van der Waals surface area contributed by atoms with Crippen molar-refractivity contribution in [1.82, 2.24) is 15.2 Å². The Hall–Kier alpha value is -0.650. The van der Waals surface area contributed by atoms with E-state index in [4.69, 9.17) is 11.6 Å². The van der Waals surface area contributed by atoms with Crippen LogP contribution in [-0.4, -0.2) is 35.9 Å². The number of aromatic nitrogens is 1. The highest BCUT2D eigenvalue weighted by Gasteiger charge is 2.09. The van der Waals surface area contributed by atoms with Gasteiger partial charge in [0.2, 0.25) is 5.91 Å². The maximum atomic E-state index is 11.2. The van der Waals surface area contributed by atoms with Gasteiger partial charge in [-0.15, -0.1) is 11.3 Å². The number of nitrogens with zero attached hydrogens (tertiary/aromatic N) is 2. The fraction of sp³-hybridized carbons (Fsp3) is 0.556. The molecule has 0 fully saturated rings. The topological polar surface area (TPSA) is 45.2 Å². The smallest absolute Gasteiger partial charge is 0.233 e. The quantitative estimate of drug-likeness (QED) is 0.855. The summed E-state index contributed by atoms with van der Waals surface area (Å²) in [6.07, 6.45) is 1.75. The average molecular weight is 248 g/mol. The Morgan fingerprint density at radius 1 is 1.73 bits per heavy atom. The standard InChI is InChI=1S/C9H14ClN3OS/c1-3-13(6-8(14)11-2)5-7-4-12-9(10)15-7/h4H,3,5-6H2,1-2H3,(H,11,14). The summed E-state index contributed by atoms with van der Waals surface area (Å²) in [5, 5.41) is 2.60. The molecule has 6 heteroatoms. The fourth-order valence-electron chi connectivity index (χ4n) is 1.14. The molecule has 0 aliphatic carbocycles. The van der Waals surface area contributed by atoms with Gasteiger partial charge in [0.25, 0.3) is 0 Å². The Kier molecular flexibility index (Phi) is 5.01. The number of likely N-dealkylation sites (N-methyl/N-ethyl adjacent to an activating group) is 2. The van der Waals surface area contributed by atoms with Gasteiger partial charge in [0.15, 0.2) is 4.47 Å². The number of carbonyl (C=O) groups excluding carboxylic acids is 1. The minimum atomic E-state index is 0.0208. The van der Waals surface area contributed by atoms with Crippen molar-refractivity contribution in [3.63, 3.8) is 0 Å². The molecule has 1 N–H and O–H groups in total. The molecule has 1 amide bonds. The Morgan fingerprint density at radius 2 is 2.47 bits per heavy atom. The van der Waals surface area contributed by atoms with E-state index in [0.29, 0.717) is 17.6 Å². The lowest BCUT2D eigenvalue weighted by Crippen LogP contribution is -2.34. The highest BCUT2D eigenvalue weighted by atomic mass is 35.5. The van der Waals surface area contributed by atoms with E-state index < -0.39 is 0 Å². The average Bonchev–Trinajstić information content (AvgIpc) is 2.62. The highest BCUT2D eigenvalue weighted by Crippen LogP contribution is 2.18. The molecule has 0 unspecified atom stereocenters. The van der Waals surface area contributed by atoms with Crippen molar-refractivity contribution in [3.8, 4) is 0 Å². The van der Waals surface area contributed by atoms with Crippen molar-refractivity contribution >= 4 is 28.8 Å². The third-order valence-electron chi connectivity index (χ3n) is 2.00. The minimum absolute atomic E-state index is 0.0208. The zero-order chi connectivity index (χ0) is 11.3. The molecule has 1 rings (SSSR count). The van der Waals surface area contributed by atoms with E-state index in [-0.39, 0.29) is 5.91 Å². The van der Waals surface area contributed by atoms with Gasteiger partial charge in [-0.3, -0.25) is 9.69 Å². The molecule has 0 spiro atoms. The first-order valence-corrected chi connectivity index (χ1v) is 5.88. The van der Waals surface area contributed by atoms with Crippen molar-refractivity contribution in [2.45, 2.75) is 13.5 Å². The summed E-state index contributed by atoms with van der Waals surface area (Å²) < 4.78 is 0.543. The predicted molar refractivity (Wildman–Crippen MR) is 62.1 cm³/mol. The van der Waals surface area contributed by atoms with Crippen LogP contribution in [0.25, 0.3) is 0 Å². The molecule has 0 atom stereocenters. The molecule has 15 heavy (non-hydrogen) atoms. The van der Waals surface area contributed by atoms with E-state index in [1.54, 1.807) is 13.2 Å². The fourth-order valence-corrected chi connectivity index (χ4v) is 2.16. The zero-order valence-electron chi connectivity index (χ0n) is 8.79. The van der Waals surface area contributed by atoms with Gasteiger partial charge in [-0.05, 0) is 6.54 Å². The lowest BCUT2D eigenvalue weighted by atomic mass is 10.4. The van der Waals surface area contributed by atoms with Gasteiger partial charge in [-0.2, -0.15) is 0 Å². The lowest BCUT2D eigenvalue weighted by molar-refractivity contribution is -0.121. The maximum Gasteiger partial charge on any atom is 0.233 e. The van der Waals surface area contributed by atoms with E-state index >= 15 is 0 Å². The first-order chi connectivity index (χ1) is 7.15. The number of hydrogen-bond donors (Lipinski definition) is 1. The van der Waals surface area contributed by atoms with Crippen LogP contribution in [0, 0.1) is 0 Å². The summed E-state index contributed by atoms with van der Waals surface area (Å²) in [5.41, 5.74) is 0. The molecule has 0 aliphatic heterocycles. The molecule has 84 valence electrons. The molecular weight excluding hydrogens is 234 g/mol. The first kappa shape index (κ1) is 12.4. The highest BCUT2D eigenvalue weighted by molar-refractivity contribution is 7.15. The SMILES string of the molecule is CCN(CC(=O)NC)Cc1cnc(Cl)s1. The van der Waals surface area contributed by atoms with Gasteiger partial charge in [-0.1, -0.05) is 18.5 Å². The van der Waals surface area contributed by atoms with Crippen LogP contribution in [0.1, 0.15) is 11.8 Å². The van der Waals surface area contributed by atoms with Gasteiger partial charge in [0.1, 0.15) is 0 Å². The maximum absolute atomic E-state index is 11.2. The van der Waals surface area contributed by atoms with Gasteiger partial charge in [-0.25, -0.2) is 4.98 Å². The largest absolute Gasteiger partial charge is 0.358 e. The van der Waals surface area contributed by atoms with Crippen molar-refractivity contribution in [2.24, 2.45) is 0 Å². The molecule has 0 saturated carbocycles. The molecule has 0 aromatic carbocycles. The Morgan fingerprint density at radius 3 is 2.93 bits per heavy atom. The number of halogens is 1. The predicted octanol–water partition coefficient (Wildman–Crippen LogP) is 1.36. The summed E-state index contributed by atoms with van der Waals surface area (Å²) in [6, 6.07) is 0. The van der Waals surface area contributed by atoms with Crippen LogP contribution in [0.4, 0.5) is 0 Å². The number of carbonyl (C=O) groups is 1. The summed E-state index contributed by atoms with van der Waals surface area (Å²) >= 11 is 7.18. The third-order valence-corrected chi connectivity index (χ3v) is 3.10. The van der Waals surface area contributed by atoms with Crippen molar-refractivity contribution < 1.29 is 4.79 Å². The number of amides is 1. The van der Waals surface area contributed by atoms with E-state index in [1.165, 1.54) is 11.3 Å². The zero-order valence-corrected chi connectivity index (χ0v) is 10.4. The molecule has 0 bridgehead atoms. The number of thiazole rings is 1. The second kappa shape index (κ2) is 6.05. The second-order valence-corrected chi connectivity index (χ2v) is 4.75. The van der Waals surface area contributed by atoms with Gasteiger partial charge in [0.05, 0.1) is 6.54 Å². The van der Waals surface area contributed by atoms with Crippen LogP contribution in [0.5, 0.6) is 0 Å². The molecule has 4 nitrogen and oxygen atoms in total. The van der Waals surface area contributed by atoms with Crippen LogP contribution in [0.3, 0.4) is 0 Å². The van der Waals surface area contributed by atoms with E-state index in [2.05, 4.69) is 10.3 Å². The van der Waals surface area contributed by atoms with Crippen LogP contribution in [0.2, 0.25) is 4.47 Å². The number of hydrogen-bond acceptors (Lipinski definition) is 4. The van der Waals surface area contributed by atoms with Crippen molar-refractivity contribution in [2.75, 3.05) is 20.1 Å². The Bertz CT molecular complexity index is 329. The summed E-state index contributed by atoms with van der Waals surface area (Å²) in [7, 11) is 1.64. The lowest BCUT2D eigenvalue weighted by Gasteiger charge is -2.17. The monoisotopic (exact) mass is 247 g/mol. The molecule has 0 saturated heterocycles. The van der Waals surface area contributed by atoms with Crippen LogP contribution < -0.4 is 5.32 Å². The number of nitrogens with one attached hydrogen (secondary N) is 1. The summed E-state index contributed by atoms with van der Waals surface area (Å²) in [6.45, 7) is 3.96. The Labute approximate surface area is 98.3 Å². The minimum Gasteiger partial charge on any atom is -0.358 e. The van der Waals surface area contributed by atoms with Crippen LogP contribution in [-0.2, 0) is 11.3 Å². The normalized spacial score (nSPS) is 10.7. The van der Waals surface area contributed by atoms with Crippen LogP contribution >= 0.6 is 22.9 Å². The molecule has 1 aromatic rings. The summed E-state index contributed by atoms with van der Waals surface area (Å²) in [4.78, 5) is 18.3. The van der Waals surface area contributed by atoms with Gasteiger partial charge >= 0.3 is 0 Å². The van der Waals surface area contributed by atoms with E-state index in [1.807, 2.05) is 11.8 Å². The molecule has 1 heterocycles. The summed E-state index contributed by atoms with van der Waals surface area (Å²) in [5.74, 6) is 0.0208. The van der Waals surface area contributed by atoms with Gasteiger partial charge < -0.3 is 5.32 Å². The third kappa shape index (κ3) is 4.15. The number of rotatable bonds is 5. The van der Waals surface area contributed by atoms with Crippen LogP contribution in [0.15, 0.2) is 6.20 Å². The molecule has 1 aromatic heterocycles. The first-order valence-electron chi connectivity index (χ1n) is 4.68. The Balaban J connectivity index is 2.50. The van der Waals surface area contributed by atoms with Gasteiger partial charge in [0, 0.05) is 24.7 Å². The second-order valence-electron chi connectivity index (χ2n) is 3.06. The van der Waals surface area contributed by atoms with Crippen molar-refractivity contribution in [1.29, 1.82) is 0 Å². The van der Waals surface area contributed by atoms with E-state index in [0.717, 1.165) is 11.4 Å². The molecule has 0 aliphatic rings. The molecule has 0 radical (unpaired) electrons. The van der Waals surface area contributed by atoms with E-state index in [9.17, 15) is 4.79 Å². The van der Waals surface area contributed by atoms with Crippen molar-refractivity contribution in [3.05, 3.63) is 15.5 Å². The molecular formula is C9H14ClN3OS.